The normalized spacial score (nSPS) is 16.7. The van der Waals surface area contributed by atoms with Crippen LogP contribution in [0.3, 0.4) is 0 Å². The molecular weight excluding hydrogens is 470 g/mol. The predicted molar refractivity (Wildman–Crippen MR) is 122 cm³/mol. The van der Waals surface area contributed by atoms with E-state index < -0.39 is 28.1 Å². The number of nitrogens with one attached hydrogen (secondary N) is 2. The molecule has 10 nitrogen and oxygen atoms in total. The van der Waals surface area contributed by atoms with Crippen LogP contribution in [0.25, 0.3) is 0 Å². The summed E-state index contributed by atoms with van der Waals surface area (Å²) in [6.45, 7) is 0.750. The van der Waals surface area contributed by atoms with Gasteiger partial charge in [-0.05, 0) is 42.0 Å². The van der Waals surface area contributed by atoms with Crippen LogP contribution in [0.4, 0.5) is 0 Å². The van der Waals surface area contributed by atoms with E-state index in [4.69, 9.17) is 14.2 Å². The second-order valence-electron chi connectivity index (χ2n) is 7.13. The van der Waals surface area contributed by atoms with E-state index >= 15 is 0 Å². The van der Waals surface area contributed by atoms with Crippen LogP contribution in [0.1, 0.15) is 12.0 Å². The zero-order valence-electron chi connectivity index (χ0n) is 18.4. The molecule has 12 heteroatoms. The Balaban J connectivity index is 1.50. The number of nitrogens with zero attached hydrogens (tertiary/aromatic N) is 1. The largest absolute Gasteiger partial charge is 0.493 e. The summed E-state index contributed by atoms with van der Waals surface area (Å²) in [7, 11) is -0.650. The number of ether oxygens (including phenoxy) is 3. The predicted octanol–water partition coefficient (Wildman–Crippen LogP) is 0.978. The molecule has 3 rings (SSSR count). The molecule has 2 aromatic rings. The molecule has 1 atom stereocenters. The van der Waals surface area contributed by atoms with Crippen molar-refractivity contribution < 1.29 is 32.2 Å². The summed E-state index contributed by atoms with van der Waals surface area (Å²) in [6, 6.07) is 8.59. The molecule has 0 radical (unpaired) electrons. The van der Waals surface area contributed by atoms with Crippen LogP contribution in [-0.2, 0) is 30.8 Å². The third kappa shape index (κ3) is 6.22. The minimum atomic E-state index is -3.74. The van der Waals surface area contributed by atoms with E-state index in [9.17, 15) is 18.0 Å². The van der Waals surface area contributed by atoms with Gasteiger partial charge in [0.1, 0.15) is 10.4 Å². The topological polar surface area (TPSA) is 123 Å². The quantitative estimate of drug-likeness (QED) is 0.495. The molecule has 180 valence electrons. The van der Waals surface area contributed by atoms with Crippen molar-refractivity contribution in [3.05, 3.63) is 41.3 Å². The van der Waals surface area contributed by atoms with Crippen molar-refractivity contribution >= 4 is 33.2 Å². The summed E-state index contributed by atoms with van der Waals surface area (Å²) in [5, 5.41) is 6.70. The van der Waals surface area contributed by atoms with Gasteiger partial charge in [-0.3, -0.25) is 9.59 Å². The van der Waals surface area contributed by atoms with E-state index in [0.29, 0.717) is 30.9 Å². The third-order valence-corrected chi connectivity index (χ3v) is 8.26. The Labute approximate surface area is 196 Å². The van der Waals surface area contributed by atoms with Crippen LogP contribution in [0.5, 0.6) is 11.5 Å². The monoisotopic (exact) mass is 497 g/mol. The first-order valence-corrected chi connectivity index (χ1v) is 12.6. The lowest BCUT2D eigenvalue weighted by Gasteiger charge is -2.34. The van der Waals surface area contributed by atoms with Crippen molar-refractivity contribution in [3.63, 3.8) is 0 Å². The molecule has 1 saturated heterocycles. The molecule has 2 heterocycles. The summed E-state index contributed by atoms with van der Waals surface area (Å²) in [5.41, 5.74) is 0.901. The van der Waals surface area contributed by atoms with Crippen molar-refractivity contribution in [2.45, 2.75) is 23.3 Å². The Hall–Kier alpha value is -2.67. The molecule has 0 bridgehead atoms. The van der Waals surface area contributed by atoms with Crippen LogP contribution < -0.4 is 20.1 Å². The maximum atomic E-state index is 12.8. The minimum absolute atomic E-state index is 0.132. The molecule has 1 fully saturated rings. The molecule has 0 aliphatic carbocycles. The van der Waals surface area contributed by atoms with E-state index in [1.54, 1.807) is 30.7 Å². The van der Waals surface area contributed by atoms with E-state index in [2.05, 4.69) is 10.6 Å². The first-order valence-electron chi connectivity index (χ1n) is 10.3. The minimum Gasteiger partial charge on any atom is -0.493 e. The highest BCUT2D eigenvalue weighted by Crippen LogP contribution is 2.27. The molecule has 1 aromatic carbocycles. The smallest absolute Gasteiger partial charge is 0.309 e. The highest BCUT2D eigenvalue weighted by molar-refractivity contribution is 7.91. The molecule has 1 aromatic heterocycles. The summed E-state index contributed by atoms with van der Waals surface area (Å²) in [5.74, 6) is -0.484. The third-order valence-electron chi connectivity index (χ3n) is 5.00. The first kappa shape index (κ1) is 25.0. The lowest BCUT2D eigenvalue weighted by molar-refractivity contribution is -0.140. The van der Waals surface area contributed by atoms with Gasteiger partial charge in [-0.25, -0.2) is 8.42 Å². The van der Waals surface area contributed by atoms with Gasteiger partial charge in [-0.15, -0.1) is 11.3 Å². The molecule has 0 spiro atoms. The van der Waals surface area contributed by atoms with E-state index in [1.807, 2.05) is 6.07 Å². The van der Waals surface area contributed by atoms with Crippen LogP contribution in [0.2, 0.25) is 0 Å². The van der Waals surface area contributed by atoms with Crippen LogP contribution in [-0.4, -0.2) is 71.2 Å². The number of hydrogen-bond acceptors (Lipinski definition) is 8. The Morgan fingerprint density at radius 2 is 1.91 bits per heavy atom. The maximum absolute atomic E-state index is 12.8. The number of hydrogen-bond donors (Lipinski definition) is 2. The number of thiophene rings is 1. The van der Waals surface area contributed by atoms with E-state index in [1.165, 1.54) is 17.5 Å². The van der Waals surface area contributed by atoms with Crippen molar-refractivity contribution in [2.24, 2.45) is 0 Å². The van der Waals surface area contributed by atoms with Crippen LogP contribution in [0, 0.1) is 0 Å². The van der Waals surface area contributed by atoms with Gasteiger partial charge in [0.2, 0.25) is 0 Å². The number of carbonyl (C=O) groups excluding carboxylic acids is 2. The first-order chi connectivity index (χ1) is 15.9. The summed E-state index contributed by atoms with van der Waals surface area (Å²) in [6.07, 6.45) is 0.151. The molecule has 1 aliphatic rings. The zero-order chi connectivity index (χ0) is 23.8. The molecule has 33 heavy (non-hydrogen) atoms. The Morgan fingerprint density at radius 3 is 2.61 bits per heavy atom. The van der Waals surface area contributed by atoms with Crippen LogP contribution >= 0.6 is 11.3 Å². The molecular formula is C21H27N3O7S2. The molecule has 0 unspecified atom stereocenters. The van der Waals surface area contributed by atoms with Gasteiger partial charge in [0.25, 0.3) is 10.0 Å². The SMILES string of the molecule is COc1ccc(CCNC(=O)C(=O)NC[C@H]2OCCCN2S(=O)(=O)c2cccs2)cc1OC. The van der Waals surface area contributed by atoms with Gasteiger partial charge in [0, 0.05) is 13.1 Å². The molecule has 1 aliphatic heterocycles. The second-order valence-corrected chi connectivity index (χ2v) is 10.2. The maximum Gasteiger partial charge on any atom is 0.309 e. The highest BCUT2D eigenvalue weighted by atomic mass is 32.2. The number of methoxy groups -OCH3 is 2. The van der Waals surface area contributed by atoms with Crippen molar-refractivity contribution in [3.8, 4) is 11.5 Å². The average Bonchev–Trinajstić information content (AvgIpc) is 3.38. The van der Waals surface area contributed by atoms with E-state index in [-0.39, 0.29) is 23.8 Å². The molecule has 2 amide bonds. The number of rotatable bonds is 9. The lowest BCUT2D eigenvalue weighted by atomic mass is 10.1. The van der Waals surface area contributed by atoms with Gasteiger partial charge < -0.3 is 24.8 Å². The number of amides is 2. The van der Waals surface area contributed by atoms with Gasteiger partial charge >= 0.3 is 11.8 Å². The van der Waals surface area contributed by atoms with Crippen molar-refractivity contribution in [1.29, 1.82) is 0 Å². The number of carbonyl (C=O) groups is 2. The highest BCUT2D eigenvalue weighted by Gasteiger charge is 2.35. The van der Waals surface area contributed by atoms with Crippen LogP contribution in [0.15, 0.2) is 39.9 Å². The van der Waals surface area contributed by atoms with E-state index in [0.717, 1.165) is 16.9 Å². The lowest BCUT2D eigenvalue weighted by Crippen LogP contribution is -2.53. The Bertz CT molecular complexity index is 1060. The average molecular weight is 498 g/mol. The van der Waals surface area contributed by atoms with Crippen molar-refractivity contribution in [1.82, 2.24) is 14.9 Å². The Kier molecular flexibility index (Phi) is 8.67. The van der Waals surface area contributed by atoms with Gasteiger partial charge in [0.05, 0.1) is 27.4 Å². The fourth-order valence-corrected chi connectivity index (χ4v) is 6.01. The number of benzene rings is 1. The zero-order valence-corrected chi connectivity index (χ0v) is 20.0. The summed E-state index contributed by atoms with van der Waals surface area (Å²) in [4.78, 5) is 24.4. The Morgan fingerprint density at radius 1 is 1.15 bits per heavy atom. The second kappa shape index (κ2) is 11.5. The van der Waals surface area contributed by atoms with Gasteiger partial charge in [-0.1, -0.05) is 12.1 Å². The summed E-state index contributed by atoms with van der Waals surface area (Å²) < 4.78 is 43.1. The fraction of sp³-hybridized carbons (Fsp3) is 0.429. The molecule has 2 N–H and O–H groups in total. The summed E-state index contributed by atoms with van der Waals surface area (Å²) >= 11 is 1.11. The fourth-order valence-electron chi connectivity index (χ4n) is 3.33. The van der Waals surface area contributed by atoms with Gasteiger partial charge in [-0.2, -0.15) is 4.31 Å². The van der Waals surface area contributed by atoms with Crippen molar-refractivity contribution in [2.75, 3.05) is 40.5 Å². The number of sulfonamides is 1. The molecule has 0 saturated carbocycles. The van der Waals surface area contributed by atoms with Gasteiger partial charge in [0.15, 0.2) is 11.5 Å². The standard InChI is InChI=1S/C21H27N3O7S2/c1-29-16-7-6-15(13-17(16)30-2)8-9-22-20(25)21(26)23-14-18-24(10-4-11-31-18)33(27,28)19-5-3-12-32-19/h3,5-7,12-13,18H,4,8-11,14H2,1-2H3,(H,22,25)(H,23,26)/t18-/m1/s1.